The molecule has 2 heterocycles. The van der Waals surface area contributed by atoms with E-state index in [9.17, 15) is 18.0 Å². The maximum atomic E-state index is 12.4. The highest BCUT2D eigenvalue weighted by Gasteiger charge is 2.40. The maximum absolute atomic E-state index is 12.4. The van der Waals surface area contributed by atoms with Crippen molar-refractivity contribution in [2.24, 2.45) is 5.92 Å². The number of ether oxygens (including phenoxy) is 1. The molecule has 108 valence electrons. The Balaban J connectivity index is 1.51. The second-order valence-electron chi connectivity index (χ2n) is 5.14. The first-order chi connectivity index (χ1) is 9.43. The van der Waals surface area contributed by atoms with Gasteiger partial charge in [-0.25, -0.2) is 4.98 Å². The number of hydrogen-bond donors (Lipinski definition) is 0. The summed E-state index contributed by atoms with van der Waals surface area (Å²) in [6.07, 6.45) is -1.90. The number of likely N-dealkylation sites (tertiary alicyclic amines) is 1. The second-order valence-corrected chi connectivity index (χ2v) is 5.14. The third-order valence-corrected chi connectivity index (χ3v) is 3.44. The summed E-state index contributed by atoms with van der Waals surface area (Å²) in [4.78, 5) is 17.0. The van der Waals surface area contributed by atoms with Gasteiger partial charge in [0.2, 0.25) is 11.8 Å². The number of alkyl halides is 3. The Kier molecular flexibility index (Phi) is 3.07. The largest absolute Gasteiger partial charge is 0.471 e. The van der Waals surface area contributed by atoms with Gasteiger partial charge in [-0.3, -0.25) is 4.79 Å². The smallest absolute Gasteiger partial charge is 0.417 e. The third kappa shape index (κ3) is 2.71. The van der Waals surface area contributed by atoms with Crippen LogP contribution in [0.5, 0.6) is 5.88 Å². The fraction of sp³-hybridized carbons (Fsp3) is 0.538. The summed E-state index contributed by atoms with van der Waals surface area (Å²) in [7, 11) is 0. The van der Waals surface area contributed by atoms with Crippen LogP contribution in [0.1, 0.15) is 18.4 Å². The van der Waals surface area contributed by atoms with Crippen molar-refractivity contribution < 1.29 is 22.7 Å². The lowest BCUT2D eigenvalue weighted by Gasteiger charge is -2.38. The molecule has 1 aliphatic heterocycles. The Morgan fingerprint density at radius 3 is 2.50 bits per heavy atom. The standard InChI is InChI=1S/C13H13F3N2O2/c14-13(15,16)9-3-4-11(17-5-9)20-10-6-18(7-10)12(19)8-1-2-8/h3-5,8,10H,1-2,6-7H2. The first-order valence-corrected chi connectivity index (χ1v) is 6.42. The molecule has 1 saturated carbocycles. The second kappa shape index (κ2) is 4.64. The molecule has 0 radical (unpaired) electrons. The fourth-order valence-electron chi connectivity index (χ4n) is 2.07. The lowest BCUT2D eigenvalue weighted by Crippen LogP contribution is -2.56. The van der Waals surface area contributed by atoms with Crippen molar-refractivity contribution in [3.8, 4) is 5.88 Å². The number of carbonyl (C=O) groups is 1. The van der Waals surface area contributed by atoms with E-state index in [0.29, 0.717) is 13.1 Å². The van der Waals surface area contributed by atoms with Crippen molar-refractivity contribution in [1.82, 2.24) is 9.88 Å². The predicted molar refractivity (Wildman–Crippen MR) is 63.0 cm³/mol. The van der Waals surface area contributed by atoms with Crippen molar-refractivity contribution in [2.75, 3.05) is 13.1 Å². The molecule has 4 nitrogen and oxygen atoms in total. The summed E-state index contributed by atoms with van der Waals surface area (Å²) in [5.74, 6) is 0.492. The minimum atomic E-state index is -4.39. The van der Waals surface area contributed by atoms with E-state index in [-0.39, 0.29) is 23.8 Å². The van der Waals surface area contributed by atoms with E-state index >= 15 is 0 Å². The summed E-state index contributed by atoms with van der Waals surface area (Å²) >= 11 is 0. The molecule has 2 aliphatic rings. The number of amides is 1. The van der Waals surface area contributed by atoms with Crippen LogP contribution in [-0.4, -0.2) is 35.0 Å². The molecule has 7 heteroatoms. The quantitative estimate of drug-likeness (QED) is 0.854. The van der Waals surface area contributed by atoms with Crippen LogP contribution < -0.4 is 4.74 Å². The zero-order valence-electron chi connectivity index (χ0n) is 10.6. The van der Waals surface area contributed by atoms with Gasteiger partial charge in [-0.1, -0.05) is 0 Å². The molecule has 0 aromatic carbocycles. The molecule has 0 bridgehead atoms. The summed E-state index contributed by atoms with van der Waals surface area (Å²) in [6, 6.07) is 2.14. The Morgan fingerprint density at radius 1 is 1.30 bits per heavy atom. The molecule has 0 unspecified atom stereocenters. The van der Waals surface area contributed by atoms with E-state index in [4.69, 9.17) is 4.74 Å². The van der Waals surface area contributed by atoms with Gasteiger partial charge in [0.15, 0.2) is 0 Å². The number of hydrogen-bond acceptors (Lipinski definition) is 3. The zero-order chi connectivity index (χ0) is 14.3. The van der Waals surface area contributed by atoms with Crippen LogP contribution in [-0.2, 0) is 11.0 Å². The number of pyridine rings is 1. The van der Waals surface area contributed by atoms with E-state index in [0.717, 1.165) is 25.1 Å². The molecule has 1 saturated heterocycles. The lowest BCUT2D eigenvalue weighted by atomic mass is 10.1. The predicted octanol–water partition coefficient (Wildman–Crippen LogP) is 2.10. The van der Waals surface area contributed by atoms with Gasteiger partial charge in [-0.2, -0.15) is 13.2 Å². The Bertz CT molecular complexity index is 505. The molecule has 1 aromatic rings. The van der Waals surface area contributed by atoms with Crippen LogP contribution in [0.3, 0.4) is 0 Å². The van der Waals surface area contributed by atoms with E-state index in [1.54, 1.807) is 4.90 Å². The molecule has 20 heavy (non-hydrogen) atoms. The SMILES string of the molecule is O=C(C1CC1)N1CC(Oc2ccc(C(F)(F)F)cn2)C1. The van der Waals surface area contributed by atoms with Crippen molar-refractivity contribution >= 4 is 5.91 Å². The number of halogens is 3. The van der Waals surface area contributed by atoms with Crippen LogP contribution in [0, 0.1) is 5.92 Å². The molecule has 0 atom stereocenters. The van der Waals surface area contributed by atoms with Gasteiger partial charge in [0, 0.05) is 18.2 Å². The van der Waals surface area contributed by atoms with Gasteiger partial charge in [0.1, 0.15) is 6.10 Å². The Morgan fingerprint density at radius 2 is 2.00 bits per heavy atom. The van der Waals surface area contributed by atoms with Gasteiger partial charge in [-0.05, 0) is 18.9 Å². The van der Waals surface area contributed by atoms with Gasteiger partial charge in [0.05, 0.1) is 18.7 Å². The number of rotatable bonds is 3. The number of nitrogens with zero attached hydrogens (tertiary/aromatic N) is 2. The Hall–Kier alpha value is -1.79. The van der Waals surface area contributed by atoms with Crippen LogP contribution in [0.15, 0.2) is 18.3 Å². The summed E-state index contributed by atoms with van der Waals surface area (Å²) < 4.78 is 42.5. The van der Waals surface area contributed by atoms with Gasteiger partial charge in [-0.15, -0.1) is 0 Å². The monoisotopic (exact) mass is 286 g/mol. The van der Waals surface area contributed by atoms with Crippen LogP contribution >= 0.6 is 0 Å². The van der Waals surface area contributed by atoms with Crippen molar-refractivity contribution in [1.29, 1.82) is 0 Å². The average molecular weight is 286 g/mol. The molecule has 0 N–H and O–H groups in total. The van der Waals surface area contributed by atoms with Crippen LogP contribution in [0.4, 0.5) is 13.2 Å². The normalized spacial score (nSPS) is 19.6. The first-order valence-electron chi connectivity index (χ1n) is 6.42. The highest BCUT2D eigenvalue weighted by molar-refractivity contribution is 5.81. The molecular weight excluding hydrogens is 273 g/mol. The topological polar surface area (TPSA) is 42.4 Å². The molecule has 1 aliphatic carbocycles. The van der Waals surface area contributed by atoms with Crippen LogP contribution in [0.25, 0.3) is 0 Å². The van der Waals surface area contributed by atoms with E-state index < -0.39 is 11.7 Å². The summed E-state index contributed by atoms with van der Waals surface area (Å²) in [5, 5.41) is 0. The van der Waals surface area contributed by atoms with Gasteiger partial charge < -0.3 is 9.64 Å². The highest BCUT2D eigenvalue weighted by Crippen LogP contribution is 2.33. The molecule has 1 aromatic heterocycles. The summed E-state index contributed by atoms with van der Waals surface area (Å²) in [6.45, 7) is 0.968. The van der Waals surface area contributed by atoms with Gasteiger partial charge in [0.25, 0.3) is 0 Å². The fourth-order valence-corrected chi connectivity index (χ4v) is 2.07. The molecular formula is C13H13F3N2O2. The molecule has 1 amide bonds. The first kappa shape index (κ1) is 13.2. The van der Waals surface area contributed by atoms with E-state index in [1.807, 2.05) is 0 Å². The zero-order valence-corrected chi connectivity index (χ0v) is 10.6. The molecule has 0 spiro atoms. The van der Waals surface area contributed by atoms with E-state index in [1.165, 1.54) is 6.07 Å². The molecule has 2 fully saturated rings. The summed E-state index contributed by atoms with van der Waals surface area (Å²) in [5.41, 5.74) is -0.802. The lowest BCUT2D eigenvalue weighted by molar-refractivity contribution is -0.142. The van der Waals surface area contributed by atoms with Crippen LogP contribution in [0.2, 0.25) is 0 Å². The maximum Gasteiger partial charge on any atom is 0.417 e. The highest BCUT2D eigenvalue weighted by atomic mass is 19.4. The van der Waals surface area contributed by atoms with Gasteiger partial charge >= 0.3 is 6.18 Å². The minimum Gasteiger partial charge on any atom is -0.471 e. The van der Waals surface area contributed by atoms with Crippen molar-refractivity contribution in [3.05, 3.63) is 23.9 Å². The average Bonchev–Trinajstić information content (AvgIpc) is 3.16. The van der Waals surface area contributed by atoms with Crippen molar-refractivity contribution in [3.63, 3.8) is 0 Å². The Labute approximate surface area is 113 Å². The third-order valence-electron chi connectivity index (χ3n) is 3.44. The number of carbonyl (C=O) groups excluding carboxylic acids is 1. The molecule has 3 rings (SSSR count). The van der Waals surface area contributed by atoms with E-state index in [2.05, 4.69) is 4.98 Å². The van der Waals surface area contributed by atoms with Crippen molar-refractivity contribution in [2.45, 2.75) is 25.1 Å². The number of aromatic nitrogens is 1. The minimum absolute atomic E-state index is 0.154.